The van der Waals surface area contributed by atoms with Crippen molar-refractivity contribution in [3.8, 4) is 0 Å². The van der Waals surface area contributed by atoms with E-state index < -0.39 is 32.5 Å². The molecule has 0 heterocycles. The van der Waals surface area contributed by atoms with Gasteiger partial charge in [0.05, 0.1) is 13.2 Å². The molecule has 1 unspecified atom stereocenters. The van der Waals surface area contributed by atoms with Gasteiger partial charge >= 0.3 is 19.8 Å². The third-order valence-corrected chi connectivity index (χ3v) is 9.55. The van der Waals surface area contributed by atoms with Crippen molar-refractivity contribution < 1.29 is 37.6 Å². The molecule has 10 heteroatoms. The fraction of sp³-hybridized carbons (Fsp3) is 0.689. The molecule has 0 aromatic heterocycles. The lowest BCUT2D eigenvalue weighted by atomic mass is 10.1. The van der Waals surface area contributed by atoms with Gasteiger partial charge in [-0.15, -0.1) is 0 Å². The largest absolute Gasteiger partial charge is 0.472 e. The van der Waals surface area contributed by atoms with E-state index in [4.69, 9.17) is 24.3 Å². The average Bonchev–Trinajstić information content (AvgIpc) is 3.17. The number of unbranched alkanes of at least 4 members (excludes halogenated alkanes) is 14. The van der Waals surface area contributed by atoms with Crippen LogP contribution < -0.4 is 5.73 Å². The Hall–Kier alpha value is -2.55. The molecule has 0 spiro atoms. The van der Waals surface area contributed by atoms with Gasteiger partial charge in [-0.05, 0) is 83.5 Å². The number of hydrogen-bond acceptors (Lipinski definition) is 8. The van der Waals surface area contributed by atoms with Crippen LogP contribution in [0.3, 0.4) is 0 Å². The van der Waals surface area contributed by atoms with Gasteiger partial charge < -0.3 is 20.1 Å². The van der Waals surface area contributed by atoms with Gasteiger partial charge in [0.25, 0.3) is 0 Å². The van der Waals surface area contributed by atoms with Gasteiger partial charge in [-0.1, -0.05) is 145 Å². The van der Waals surface area contributed by atoms with Gasteiger partial charge in [0.2, 0.25) is 0 Å². The fourth-order valence-corrected chi connectivity index (χ4v) is 6.13. The van der Waals surface area contributed by atoms with Crippen molar-refractivity contribution in [2.75, 3.05) is 26.4 Å². The molecular formula is C45H78NO8P. The number of hydrogen-bond donors (Lipinski definition) is 2. The van der Waals surface area contributed by atoms with Crippen LogP contribution in [0.1, 0.15) is 168 Å². The molecule has 0 aliphatic rings. The Morgan fingerprint density at radius 2 is 0.964 bits per heavy atom. The summed E-state index contributed by atoms with van der Waals surface area (Å²) in [5.74, 6) is -0.909. The zero-order valence-corrected chi connectivity index (χ0v) is 35.5. The Morgan fingerprint density at radius 3 is 1.45 bits per heavy atom. The van der Waals surface area contributed by atoms with Crippen molar-refractivity contribution in [2.45, 2.75) is 174 Å². The zero-order valence-electron chi connectivity index (χ0n) is 34.6. The predicted octanol–water partition coefficient (Wildman–Crippen LogP) is 12.3. The summed E-state index contributed by atoms with van der Waals surface area (Å²) in [6, 6.07) is 0. The summed E-state index contributed by atoms with van der Waals surface area (Å²) in [7, 11) is -4.40. The van der Waals surface area contributed by atoms with Crippen LogP contribution in [0.2, 0.25) is 0 Å². The molecule has 3 N–H and O–H groups in total. The number of phosphoric acid groups is 1. The lowest BCUT2D eigenvalue weighted by Gasteiger charge is -2.19. The monoisotopic (exact) mass is 792 g/mol. The van der Waals surface area contributed by atoms with Crippen LogP contribution in [-0.2, 0) is 32.7 Å². The van der Waals surface area contributed by atoms with Gasteiger partial charge in [-0.25, -0.2) is 4.57 Å². The Morgan fingerprint density at radius 1 is 0.545 bits per heavy atom. The van der Waals surface area contributed by atoms with Gasteiger partial charge in [0, 0.05) is 19.4 Å². The molecule has 0 radical (unpaired) electrons. The molecule has 0 fully saturated rings. The van der Waals surface area contributed by atoms with E-state index in [1.54, 1.807) is 0 Å². The van der Waals surface area contributed by atoms with Crippen molar-refractivity contribution in [1.29, 1.82) is 0 Å². The van der Waals surface area contributed by atoms with E-state index in [2.05, 4.69) is 80.7 Å². The van der Waals surface area contributed by atoms with Crippen LogP contribution in [0, 0.1) is 0 Å². The second kappa shape index (κ2) is 41.1. The number of phosphoric ester groups is 1. The molecule has 0 aromatic rings. The van der Waals surface area contributed by atoms with E-state index in [1.165, 1.54) is 70.6 Å². The smallest absolute Gasteiger partial charge is 0.462 e. The minimum absolute atomic E-state index is 0.0402. The molecule has 0 aromatic carbocycles. The standard InChI is InChI=1S/C45H78NO8P/c1-3-5-7-9-11-13-15-17-19-21-23-25-27-29-31-33-35-37-44(47)51-41-43(42-53-55(49,50)52-40-39-46)54-45(48)38-36-34-32-30-28-26-24-22-20-18-16-14-12-10-8-6-4-2/h11-14,17-20,24,26,30,32,43H,3-10,15-16,21-23,25,27-29,31,33-42,46H2,1-2H3,(H,49,50)/b13-11-,14-12-,19-17-,20-18-,26-24-,32-30-/t43-/m1/s1. The molecule has 9 nitrogen and oxygen atoms in total. The third kappa shape index (κ3) is 40.9. The summed E-state index contributed by atoms with van der Waals surface area (Å²) >= 11 is 0. The quantitative estimate of drug-likeness (QED) is 0.0270. The third-order valence-electron chi connectivity index (χ3n) is 8.56. The van der Waals surface area contributed by atoms with Crippen LogP contribution in [0.25, 0.3) is 0 Å². The van der Waals surface area contributed by atoms with Crippen molar-refractivity contribution in [3.05, 3.63) is 72.9 Å². The van der Waals surface area contributed by atoms with Crippen LogP contribution in [0.15, 0.2) is 72.9 Å². The topological polar surface area (TPSA) is 134 Å². The number of rotatable bonds is 39. The highest BCUT2D eigenvalue weighted by Crippen LogP contribution is 2.43. The number of ether oxygens (including phenoxy) is 2. The molecular weight excluding hydrogens is 713 g/mol. The number of carbonyl (C=O) groups excluding carboxylic acids is 2. The fourth-order valence-electron chi connectivity index (χ4n) is 5.36. The highest BCUT2D eigenvalue weighted by atomic mass is 31.2. The molecule has 2 atom stereocenters. The van der Waals surface area contributed by atoms with E-state index in [0.717, 1.165) is 51.4 Å². The van der Waals surface area contributed by atoms with E-state index in [-0.39, 0.29) is 32.6 Å². The highest BCUT2D eigenvalue weighted by Gasteiger charge is 2.25. The van der Waals surface area contributed by atoms with E-state index in [1.807, 2.05) is 6.08 Å². The Labute approximate surface area is 335 Å². The van der Waals surface area contributed by atoms with Crippen molar-refractivity contribution in [2.24, 2.45) is 5.73 Å². The molecule has 0 rings (SSSR count). The second-order valence-corrected chi connectivity index (χ2v) is 15.3. The molecule has 316 valence electrons. The van der Waals surface area contributed by atoms with Crippen molar-refractivity contribution in [1.82, 2.24) is 0 Å². The highest BCUT2D eigenvalue weighted by molar-refractivity contribution is 7.47. The summed E-state index contributed by atoms with van der Waals surface area (Å²) in [6.07, 6.45) is 49.3. The summed E-state index contributed by atoms with van der Waals surface area (Å²) in [5.41, 5.74) is 5.34. The first-order valence-corrected chi connectivity index (χ1v) is 22.9. The molecule has 0 bridgehead atoms. The molecule has 0 saturated carbocycles. The lowest BCUT2D eigenvalue weighted by molar-refractivity contribution is -0.161. The maximum Gasteiger partial charge on any atom is 0.472 e. The number of esters is 2. The maximum absolute atomic E-state index is 12.6. The summed E-state index contributed by atoms with van der Waals surface area (Å²) < 4.78 is 32.7. The first-order chi connectivity index (χ1) is 26.8. The predicted molar refractivity (Wildman–Crippen MR) is 229 cm³/mol. The molecule has 0 aliphatic heterocycles. The zero-order chi connectivity index (χ0) is 40.3. The first-order valence-electron chi connectivity index (χ1n) is 21.4. The first kappa shape index (κ1) is 52.5. The van der Waals surface area contributed by atoms with Crippen molar-refractivity contribution >= 4 is 19.8 Å². The molecule has 0 amide bonds. The van der Waals surface area contributed by atoms with Crippen molar-refractivity contribution in [3.63, 3.8) is 0 Å². The van der Waals surface area contributed by atoms with E-state index >= 15 is 0 Å². The number of nitrogens with two attached hydrogens (primary N) is 1. The van der Waals surface area contributed by atoms with E-state index in [0.29, 0.717) is 19.3 Å². The van der Waals surface area contributed by atoms with Crippen LogP contribution >= 0.6 is 7.82 Å². The minimum Gasteiger partial charge on any atom is -0.462 e. The molecule has 0 aliphatic carbocycles. The van der Waals surface area contributed by atoms with Crippen LogP contribution in [-0.4, -0.2) is 49.3 Å². The lowest BCUT2D eigenvalue weighted by Crippen LogP contribution is -2.29. The second-order valence-electron chi connectivity index (χ2n) is 13.8. The Bertz CT molecular complexity index is 1130. The Kier molecular flexibility index (Phi) is 39.2. The van der Waals surface area contributed by atoms with E-state index in [9.17, 15) is 19.0 Å². The molecule has 55 heavy (non-hydrogen) atoms. The summed E-state index contributed by atoms with van der Waals surface area (Å²) in [6.45, 7) is 3.59. The minimum atomic E-state index is -4.40. The van der Waals surface area contributed by atoms with Gasteiger partial charge in [0.15, 0.2) is 6.10 Å². The summed E-state index contributed by atoms with van der Waals surface area (Å²) in [5, 5.41) is 0. The van der Waals surface area contributed by atoms with Gasteiger partial charge in [0.1, 0.15) is 6.61 Å². The van der Waals surface area contributed by atoms with Crippen LogP contribution in [0.5, 0.6) is 0 Å². The molecule has 0 saturated heterocycles. The Balaban J connectivity index is 4.28. The van der Waals surface area contributed by atoms with Crippen LogP contribution in [0.4, 0.5) is 0 Å². The summed E-state index contributed by atoms with van der Waals surface area (Å²) in [4.78, 5) is 34.8. The number of allylic oxidation sites excluding steroid dienone is 12. The number of carbonyl (C=O) groups is 2. The van der Waals surface area contributed by atoms with Gasteiger partial charge in [-0.2, -0.15) is 0 Å². The maximum atomic E-state index is 12.6. The normalized spacial score (nSPS) is 14.0. The average molecular weight is 792 g/mol. The SMILES string of the molecule is CCCCC/C=C\C/C=C\C/C=C\C/C=C\CCCC(=O)O[C@H](COC(=O)CCCCCCCCC/C=C\C/C=C\CCCCC)COP(=O)(O)OCCN. The van der Waals surface area contributed by atoms with Gasteiger partial charge in [-0.3, -0.25) is 18.6 Å².